The van der Waals surface area contributed by atoms with Crippen LogP contribution in [0.4, 0.5) is 0 Å². The fourth-order valence-corrected chi connectivity index (χ4v) is 3.74. The third-order valence-corrected chi connectivity index (χ3v) is 5.18. The summed E-state index contributed by atoms with van der Waals surface area (Å²) in [6.07, 6.45) is 4.11. The molecular formula is C19H18ClN7O3. The highest BCUT2D eigenvalue weighted by Crippen LogP contribution is 2.42. The molecule has 4 rings (SSSR count). The Bertz CT molecular complexity index is 1250. The number of methoxy groups -OCH3 is 2. The minimum atomic E-state index is -0.952. The van der Waals surface area contributed by atoms with Crippen LogP contribution >= 0.6 is 11.6 Å². The van der Waals surface area contributed by atoms with Crippen LogP contribution in [0.5, 0.6) is 5.75 Å². The first-order chi connectivity index (χ1) is 14.5. The summed E-state index contributed by atoms with van der Waals surface area (Å²) in [6.45, 7) is 0.0729. The van der Waals surface area contributed by atoms with Gasteiger partial charge in [0.15, 0.2) is 11.6 Å². The number of aryl methyl sites for hydroxylation is 1. The molecule has 2 N–H and O–H groups in total. The van der Waals surface area contributed by atoms with E-state index in [2.05, 4.69) is 26.2 Å². The van der Waals surface area contributed by atoms with E-state index in [-0.39, 0.29) is 23.0 Å². The molecule has 0 saturated heterocycles. The molecule has 1 atom stereocenters. The monoisotopic (exact) mass is 427 g/mol. The van der Waals surface area contributed by atoms with Crippen molar-refractivity contribution in [2.45, 2.75) is 6.10 Å². The molecule has 0 radical (unpaired) electrons. The highest BCUT2D eigenvalue weighted by atomic mass is 35.5. The largest absolute Gasteiger partial charge is 0.495 e. The van der Waals surface area contributed by atoms with Crippen molar-refractivity contribution in [2.24, 2.45) is 7.05 Å². The summed E-state index contributed by atoms with van der Waals surface area (Å²) in [5, 5.41) is 27.9. The lowest BCUT2D eigenvalue weighted by Crippen LogP contribution is -2.07. The van der Waals surface area contributed by atoms with Crippen LogP contribution in [-0.2, 0) is 11.8 Å². The van der Waals surface area contributed by atoms with Crippen molar-refractivity contribution in [3.05, 3.63) is 41.2 Å². The number of aromatic nitrogens is 6. The van der Waals surface area contributed by atoms with Crippen LogP contribution < -0.4 is 4.74 Å². The molecule has 0 fully saturated rings. The molecule has 0 unspecified atom stereocenters. The average Bonchev–Trinajstić information content (AvgIpc) is 3.47. The van der Waals surface area contributed by atoms with Gasteiger partial charge in [0.25, 0.3) is 0 Å². The second kappa shape index (κ2) is 7.79. The van der Waals surface area contributed by atoms with Gasteiger partial charge in [-0.25, -0.2) is 9.97 Å². The molecule has 0 bridgehead atoms. The van der Waals surface area contributed by atoms with Gasteiger partial charge in [0.05, 0.1) is 36.8 Å². The summed E-state index contributed by atoms with van der Waals surface area (Å²) < 4.78 is 14.0. The zero-order valence-corrected chi connectivity index (χ0v) is 17.2. The first-order valence-electron chi connectivity index (χ1n) is 8.88. The van der Waals surface area contributed by atoms with Gasteiger partial charge >= 0.3 is 0 Å². The number of ether oxygens (including phenoxy) is 2. The molecule has 3 heterocycles. The molecule has 0 aliphatic heterocycles. The average molecular weight is 428 g/mol. The van der Waals surface area contributed by atoms with E-state index >= 15 is 0 Å². The summed E-state index contributed by atoms with van der Waals surface area (Å²) in [7, 11) is 4.78. The Kier molecular flexibility index (Phi) is 5.17. The molecule has 11 heteroatoms. The number of rotatable bonds is 6. The van der Waals surface area contributed by atoms with Crippen LogP contribution in [0.1, 0.15) is 17.5 Å². The van der Waals surface area contributed by atoms with Crippen molar-refractivity contribution in [2.75, 3.05) is 20.8 Å². The van der Waals surface area contributed by atoms with Gasteiger partial charge in [0.1, 0.15) is 28.6 Å². The smallest absolute Gasteiger partial charge is 0.200 e. The molecule has 154 valence electrons. The molecule has 0 amide bonds. The summed E-state index contributed by atoms with van der Waals surface area (Å²) >= 11 is 6.41. The Balaban J connectivity index is 2.06. The number of hydrogen-bond donors (Lipinski definition) is 2. The van der Waals surface area contributed by atoms with Crippen molar-refractivity contribution >= 4 is 22.5 Å². The van der Waals surface area contributed by atoms with Crippen LogP contribution in [0, 0.1) is 11.3 Å². The van der Waals surface area contributed by atoms with Crippen molar-refractivity contribution in [3.63, 3.8) is 0 Å². The Morgan fingerprint density at radius 3 is 2.83 bits per heavy atom. The summed E-state index contributed by atoms with van der Waals surface area (Å²) in [5.41, 5.74) is 2.18. The first kappa shape index (κ1) is 19.9. The maximum atomic E-state index is 10.2. The van der Waals surface area contributed by atoms with Gasteiger partial charge in [-0.2, -0.15) is 10.4 Å². The minimum Gasteiger partial charge on any atom is -0.495 e. The summed E-state index contributed by atoms with van der Waals surface area (Å²) in [6, 6.07) is 3.94. The normalized spacial score (nSPS) is 12.3. The van der Waals surface area contributed by atoms with Crippen LogP contribution in [-0.4, -0.2) is 55.2 Å². The number of hydrogen-bond acceptors (Lipinski definition) is 7. The van der Waals surface area contributed by atoms with E-state index in [9.17, 15) is 10.4 Å². The summed E-state index contributed by atoms with van der Waals surface area (Å²) in [5.74, 6) is 0.983. The van der Waals surface area contributed by atoms with Crippen LogP contribution in [0.15, 0.2) is 24.8 Å². The fraction of sp³-hybridized carbons (Fsp3) is 0.263. The Morgan fingerprint density at radius 2 is 2.20 bits per heavy atom. The van der Waals surface area contributed by atoms with E-state index in [1.54, 1.807) is 41.0 Å². The predicted octanol–water partition coefficient (Wildman–Crippen LogP) is 2.36. The van der Waals surface area contributed by atoms with Gasteiger partial charge in [-0.1, -0.05) is 11.6 Å². The van der Waals surface area contributed by atoms with E-state index in [0.29, 0.717) is 33.9 Å². The number of H-pyrrole nitrogens is 1. The molecule has 0 spiro atoms. The Labute approximate surface area is 176 Å². The molecule has 0 aliphatic rings. The van der Waals surface area contributed by atoms with Gasteiger partial charge in [-0.05, 0) is 6.07 Å². The van der Waals surface area contributed by atoms with Gasteiger partial charge in [0.2, 0.25) is 0 Å². The number of nitriles is 1. The third kappa shape index (κ3) is 3.00. The van der Waals surface area contributed by atoms with Gasteiger partial charge in [0, 0.05) is 31.9 Å². The quantitative estimate of drug-likeness (QED) is 0.483. The van der Waals surface area contributed by atoms with Crippen LogP contribution in [0.3, 0.4) is 0 Å². The molecule has 0 saturated carbocycles. The fourth-order valence-electron chi connectivity index (χ4n) is 3.48. The number of halogens is 1. The number of benzene rings is 1. The molecular weight excluding hydrogens is 410 g/mol. The van der Waals surface area contributed by atoms with Crippen LogP contribution in [0.25, 0.3) is 28.1 Å². The van der Waals surface area contributed by atoms with Crippen molar-refractivity contribution in [1.82, 2.24) is 29.3 Å². The summed E-state index contributed by atoms with van der Waals surface area (Å²) in [4.78, 5) is 8.58. The van der Waals surface area contributed by atoms with E-state index in [1.165, 1.54) is 14.2 Å². The highest BCUT2D eigenvalue weighted by Gasteiger charge is 2.27. The molecule has 3 aromatic heterocycles. The van der Waals surface area contributed by atoms with Crippen LogP contribution in [0.2, 0.25) is 5.02 Å². The van der Waals surface area contributed by atoms with E-state index in [0.717, 1.165) is 0 Å². The SMILES string of the molecule is COC[C@H](O)c1nc(-c2c(-n3ccnc3)c3cc(OC)c(Cl)c(C#N)c3n2C)n[nH]1. The second-order valence-electron chi connectivity index (χ2n) is 6.52. The number of nitrogens with one attached hydrogen (secondary N) is 1. The third-order valence-electron chi connectivity index (χ3n) is 4.80. The lowest BCUT2D eigenvalue weighted by molar-refractivity contribution is 0.0590. The molecule has 30 heavy (non-hydrogen) atoms. The number of fused-ring (bicyclic) bond motifs is 1. The maximum absolute atomic E-state index is 10.2. The first-order valence-corrected chi connectivity index (χ1v) is 9.26. The Morgan fingerprint density at radius 1 is 1.40 bits per heavy atom. The van der Waals surface area contributed by atoms with Gasteiger partial charge in [-0.15, -0.1) is 0 Å². The van der Waals surface area contributed by atoms with Crippen molar-refractivity contribution in [3.8, 4) is 29.0 Å². The lowest BCUT2D eigenvalue weighted by atomic mass is 10.1. The maximum Gasteiger partial charge on any atom is 0.200 e. The molecule has 4 aromatic rings. The molecule has 10 nitrogen and oxygen atoms in total. The number of aliphatic hydroxyl groups is 1. The van der Waals surface area contributed by atoms with Gasteiger partial charge < -0.3 is 23.7 Å². The molecule has 0 aliphatic carbocycles. The Hall–Kier alpha value is -3.39. The predicted molar refractivity (Wildman–Crippen MR) is 109 cm³/mol. The zero-order valence-electron chi connectivity index (χ0n) is 16.4. The second-order valence-corrected chi connectivity index (χ2v) is 6.90. The van der Waals surface area contributed by atoms with Crippen molar-refractivity contribution < 1.29 is 14.6 Å². The van der Waals surface area contributed by atoms with E-state index < -0.39 is 6.10 Å². The standard InChI is InChI=1S/C19H18ClN7O3/c1-26-15-10(6-13(30-3)14(20)11(15)7-21)16(27-5-4-22-9-27)17(26)19-23-18(24-25-19)12(28)8-29-2/h4-6,9,12,28H,8H2,1-3H3,(H,23,24,25)/t12-/m0/s1. The van der Waals surface area contributed by atoms with E-state index in [1.807, 2.05) is 0 Å². The van der Waals surface area contributed by atoms with E-state index in [4.69, 9.17) is 21.1 Å². The number of aromatic amines is 1. The number of nitrogens with zero attached hydrogens (tertiary/aromatic N) is 6. The lowest BCUT2D eigenvalue weighted by Gasteiger charge is -2.07. The number of imidazole rings is 1. The zero-order chi connectivity index (χ0) is 21.4. The molecule has 1 aromatic carbocycles. The van der Waals surface area contributed by atoms with Crippen molar-refractivity contribution in [1.29, 1.82) is 5.26 Å². The highest BCUT2D eigenvalue weighted by molar-refractivity contribution is 6.34. The topological polar surface area (TPSA) is 127 Å². The minimum absolute atomic E-state index is 0.0729. The number of aliphatic hydroxyl groups excluding tert-OH is 1. The van der Waals surface area contributed by atoms with Gasteiger partial charge in [-0.3, -0.25) is 5.10 Å².